The molecule has 5 nitrogen and oxygen atoms in total. The first-order chi connectivity index (χ1) is 21.5. The molecule has 0 saturated heterocycles. The summed E-state index contributed by atoms with van der Waals surface area (Å²) in [5, 5.41) is 20.1. The third-order valence-electron chi connectivity index (χ3n) is 7.55. The smallest absolute Gasteiger partial charge is 0.416 e. The van der Waals surface area contributed by atoms with Crippen LogP contribution in [-0.4, -0.2) is 21.4 Å². The average molecular weight is 639 g/mol. The molecule has 0 radical (unpaired) electrons. The summed E-state index contributed by atoms with van der Waals surface area (Å²) in [6, 6.07) is 18.2. The highest BCUT2D eigenvalue weighted by molar-refractivity contribution is 8.00. The molecule has 1 aromatic heterocycles. The molecule has 0 aliphatic rings. The average Bonchev–Trinajstić information content (AvgIpc) is 3.02. The first-order valence-electron chi connectivity index (χ1n) is 15.2. The molecule has 0 saturated carbocycles. The van der Waals surface area contributed by atoms with Gasteiger partial charge in [-0.2, -0.15) is 13.2 Å². The summed E-state index contributed by atoms with van der Waals surface area (Å²) in [6.45, 7) is 2.21. The van der Waals surface area contributed by atoms with Gasteiger partial charge in [-0.05, 0) is 59.9 Å². The van der Waals surface area contributed by atoms with Crippen LogP contribution < -0.4 is 5.43 Å². The molecule has 0 fully saturated rings. The van der Waals surface area contributed by atoms with Crippen LogP contribution in [0.25, 0.3) is 17.0 Å². The van der Waals surface area contributed by atoms with Gasteiger partial charge in [-0.15, -0.1) is 11.8 Å². The zero-order chi connectivity index (χ0) is 32.4. The van der Waals surface area contributed by atoms with E-state index < -0.39 is 40.3 Å². The second-order valence-electron chi connectivity index (χ2n) is 11.1. The van der Waals surface area contributed by atoms with Crippen LogP contribution in [0.5, 0.6) is 0 Å². The van der Waals surface area contributed by atoms with Gasteiger partial charge in [-0.3, -0.25) is 4.79 Å². The van der Waals surface area contributed by atoms with Crippen molar-refractivity contribution in [3.63, 3.8) is 0 Å². The summed E-state index contributed by atoms with van der Waals surface area (Å²) in [6.07, 6.45) is 7.17. The second kappa shape index (κ2) is 16.0. The number of carboxylic acids is 1. The van der Waals surface area contributed by atoms with Crippen molar-refractivity contribution in [1.82, 2.24) is 0 Å². The number of halogens is 3. The zero-order valence-electron chi connectivity index (χ0n) is 25.1. The van der Waals surface area contributed by atoms with Crippen LogP contribution in [0.3, 0.4) is 0 Å². The predicted octanol–water partition coefficient (Wildman–Crippen LogP) is 9.71. The van der Waals surface area contributed by atoms with Gasteiger partial charge >= 0.3 is 12.1 Å². The van der Waals surface area contributed by atoms with Crippen LogP contribution in [-0.2, 0) is 12.6 Å². The van der Waals surface area contributed by atoms with Gasteiger partial charge in [0.2, 0.25) is 5.76 Å². The van der Waals surface area contributed by atoms with Gasteiger partial charge in [-0.1, -0.05) is 94.0 Å². The van der Waals surface area contributed by atoms with E-state index in [0.29, 0.717) is 4.90 Å². The Morgan fingerprint density at radius 2 is 1.67 bits per heavy atom. The second-order valence-corrected chi connectivity index (χ2v) is 12.3. The van der Waals surface area contributed by atoms with Crippen LogP contribution in [0.15, 0.2) is 93.0 Å². The molecule has 0 aliphatic carbocycles. The fourth-order valence-electron chi connectivity index (χ4n) is 5.11. The van der Waals surface area contributed by atoms with Gasteiger partial charge in [0.1, 0.15) is 5.58 Å². The molecule has 4 rings (SSSR count). The maximum absolute atomic E-state index is 13.5. The maximum Gasteiger partial charge on any atom is 0.416 e. The van der Waals surface area contributed by atoms with Crippen LogP contribution in [0.4, 0.5) is 13.2 Å². The minimum Gasteiger partial charge on any atom is -0.475 e. The van der Waals surface area contributed by atoms with Crippen molar-refractivity contribution in [2.75, 3.05) is 0 Å². The largest absolute Gasteiger partial charge is 0.475 e. The van der Waals surface area contributed by atoms with Crippen molar-refractivity contribution in [2.24, 2.45) is 0 Å². The van der Waals surface area contributed by atoms with Gasteiger partial charge < -0.3 is 14.6 Å². The minimum atomic E-state index is -4.57. The van der Waals surface area contributed by atoms with Crippen LogP contribution in [0.2, 0.25) is 0 Å². The molecule has 238 valence electrons. The molecular weight excluding hydrogens is 601 g/mol. The highest BCUT2D eigenvalue weighted by Gasteiger charge is 2.31. The minimum absolute atomic E-state index is 0.0549. The van der Waals surface area contributed by atoms with E-state index >= 15 is 0 Å². The first kappa shape index (κ1) is 34.1. The van der Waals surface area contributed by atoms with E-state index in [9.17, 15) is 33.0 Å². The Morgan fingerprint density at radius 1 is 0.933 bits per heavy atom. The lowest BCUT2D eigenvalue weighted by molar-refractivity contribution is -0.137. The number of carbonyl (C=O) groups is 1. The van der Waals surface area contributed by atoms with Gasteiger partial charge in [0.25, 0.3) is 0 Å². The quantitative estimate of drug-likeness (QED) is 0.0996. The molecule has 0 unspecified atom stereocenters. The number of aromatic carboxylic acids is 1. The van der Waals surface area contributed by atoms with E-state index in [-0.39, 0.29) is 16.5 Å². The molecule has 3 aromatic carbocycles. The lowest BCUT2D eigenvalue weighted by Crippen LogP contribution is -2.14. The SMILES string of the molecule is CCCCCCCCCc1cccc(C=C[C@@H](Sc2ccc3c(=O)cc(C(=O)O)oc3c2)[C@@H](O)c2cccc(C(F)(F)F)c2)c1. The lowest BCUT2D eigenvalue weighted by Gasteiger charge is -2.21. The molecule has 1 heterocycles. The third-order valence-corrected chi connectivity index (χ3v) is 8.76. The van der Waals surface area contributed by atoms with Crippen molar-refractivity contribution < 1.29 is 32.6 Å². The Hall–Kier alpha value is -3.82. The van der Waals surface area contributed by atoms with Gasteiger partial charge in [-0.25, -0.2) is 4.79 Å². The van der Waals surface area contributed by atoms with Crippen LogP contribution in [0, 0.1) is 0 Å². The number of aryl methyl sites for hydroxylation is 1. The van der Waals surface area contributed by atoms with Gasteiger partial charge in [0, 0.05) is 11.0 Å². The van der Waals surface area contributed by atoms with E-state index in [4.69, 9.17) is 4.42 Å². The molecule has 9 heteroatoms. The lowest BCUT2D eigenvalue weighted by atomic mass is 10.0. The number of aliphatic hydroxyl groups is 1. The molecule has 4 aromatic rings. The summed E-state index contributed by atoms with van der Waals surface area (Å²) in [5.41, 5.74) is 0.861. The summed E-state index contributed by atoms with van der Waals surface area (Å²) >= 11 is 1.16. The molecular formula is C36H37F3O5S. The standard InChI is InChI=1S/C36H37F3O5S/c1-2-3-4-5-6-7-8-11-24-12-9-13-25(20-24)16-19-33(34(41)26-14-10-15-27(21-26)36(37,38)39)45-28-17-18-29-30(40)23-32(35(42)43)44-31(29)22-28/h9-10,12-23,33-34,41H,2-8,11H2,1H3,(H,42,43)/t33-,34+/m1/s1. The molecule has 45 heavy (non-hydrogen) atoms. The summed E-state index contributed by atoms with van der Waals surface area (Å²) in [4.78, 5) is 24.3. The Kier molecular flexibility index (Phi) is 12.1. The van der Waals surface area contributed by atoms with Gasteiger partial charge in [0.15, 0.2) is 5.43 Å². The number of carboxylic acid groups (broad SMARTS) is 1. The van der Waals surface area contributed by atoms with Crippen molar-refractivity contribution >= 4 is 34.8 Å². The Balaban J connectivity index is 1.58. The number of benzene rings is 3. The number of fused-ring (bicyclic) bond motifs is 1. The van der Waals surface area contributed by atoms with Crippen molar-refractivity contribution in [1.29, 1.82) is 0 Å². The molecule has 2 N–H and O–H groups in total. The van der Waals surface area contributed by atoms with Crippen molar-refractivity contribution in [2.45, 2.75) is 80.7 Å². The number of thioether (sulfide) groups is 1. The Labute approximate surface area is 264 Å². The molecule has 0 bridgehead atoms. The highest BCUT2D eigenvalue weighted by atomic mass is 32.2. The molecule has 0 amide bonds. The number of aliphatic hydroxyl groups excluding tert-OH is 1. The zero-order valence-corrected chi connectivity index (χ0v) is 25.9. The summed E-state index contributed by atoms with van der Waals surface area (Å²) < 4.78 is 45.8. The number of rotatable bonds is 15. The first-order valence-corrected chi connectivity index (χ1v) is 16.0. The maximum atomic E-state index is 13.5. The predicted molar refractivity (Wildman–Crippen MR) is 173 cm³/mol. The topological polar surface area (TPSA) is 87.7 Å². The fraction of sp³-hybridized carbons (Fsp3) is 0.333. The number of hydrogen-bond acceptors (Lipinski definition) is 5. The molecule has 0 aliphatic heterocycles. The number of unbranched alkanes of at least 4 members (excludes halogenated alkanes) is 6. The summed E-state index contributed by atoms with van der Waals surface area (Å²) in [5.74, 6) is -1.89. The van der Waals surface area contributed by atoms with Gasteiger partial charge in [0.05, 0.1) is 22.3 Å². The fourth-order valence-corrected chi connectivity index (χ4v) is 6.19. The molecule has 2 atom stereocenters. The van der Waals surface area contributed by atoms with Crippen LogP contribution in [0.1, 0.15) is 90.8 Å². The third kappa shape index (κ3) is 9.83. The van der Waals surface area contributed by atoms with E-state index in [1.165, 1.54) is 68.4 Å². The monoisotopic (exact) mass is 638 g/mol. The molecule has 0 spiro atoms. The van der Waals surface area contributed by atoms with E-state index in [1.54, 1.807) is 12.1 Å². The normalized spacial score (nSPS) is 13.4. The Bertz CT molecular complexity index is 1680. The van der Waals surface area contributed by atoms with Crippen LogP contribution >= 0.6 is 11.8 Å². The Morgan fingerprint density at radius 3 is 2.40 bits per heavy atom. The van der Waals surface area contributed by atoms with E-state index in [1.807, 2.05) is 18.2 Å². The highest BCUT2D eigenvalue weighted by Crippen LogP contribution is 2.37. The number of hydrogen-bond donors (Lipinski definition) is 2. The van der Waals surface area contributed by atoms with E-state index in [0.717, 1.165) is 48.4 Å². The van der Waals surface area contributed by atoms with Crippen molar-refractivity contribution in [3.8, 4) is 0 Å². The number of alkyl halides is 3. The van der Waals surface area contributed by atoms with E-state index in [2.05, 4.69) is 19.1 Å². The van der Waals surface area contributed by atoms with Crippen molar-refractivity contribution in [3.05, 3.63) is 117 Å². The summed E-state index contributed by atoms with van der Waals surface area (Å²) in [7, 11) is 0.